The van der Waals surface area contributed by atoms with E-state index in [0.29, 0.717) is 37.8 Å². The number of amides is 2. The van der Waals surface area contributed by atoms with Crippen LogP contribution in [0.4, 0.5) is 0 Å². The summed E-state index contributed by atoms with van der Waals surface area (Å²) in [7, 11) is -1.26. The second-order valence-electron chi connectivity index (χ2n) is 11.5. The van der Waals surface area contributed by atoms with Gasteiger partial charge in [-0.1, -0.05) is 25.3 Å². The lowest BCUT2D eigenvalue weighted by atomic mass is 9.81. The Kier molecular flexibility index (Phi) is 7.59. The molecule has 3 aromatic rings. The number of aromatic hydroxyl groups is 1. The second kappa shape index (κ2) is 11.2. The lowest BCUT2D eigenvalue weighted by molar-refractivity contribution is -0.131. The third kappa shape index (κ3) is 5.21. The van der Waals surface area contributed by atoms with Crippen molar-refractivity contribution in [1.82, 2.24) is 18.5 Å². The molecule has 2 N–H and O–H groups in total. The molecule has 2 fully saturated rings. The van der Waals surface area contributed by atoms with Crippen LogP contribution in [0.3, 0.4) is 0 Å². The molecule has 2 amide bonds. The highest BCUT2D eigenvalue weighted by molar-refractivity contribution is 7.87. The van der Waals surface area contributed by atoms with E-state index in [4.69, 9.17) is 4.74 Å². The minimum absolute atomic E-state index is 0.0903. The molecule has 6 rings (SSSR count). The molecule has 222 valence electrons. The van der Waals surface area contributed by atoms with Gasteiger partial charge in [-0.2, -0.15) is 12.7 Å². The Morgan fingerprint density at radius 3 is 2.48 bits per heavy atom. The molecule has 11 heteroatoms. The topological polar surface area (TPSA) is 121 Å². The van der Waals surface area contributed by atoms with Gasteiger partial charge in [0.25, 0.3) is 11.8 Å². The standard InChI is InChI=1S/C31H36N4O6S/c1-33(2)42(39,40)32-30(37)21-8-10-26-27(18-21)35-19-23(31(38)34-12-14-41-15-13-34)16-22-17-24(36)9-11-25(22)29(35)28(26)20-6-4-3-5-7-20/h8-11,16-18,20,36H,3-7,12-15,19H2,1-2H3,(H,32,37). The van der Waals surface area contributed by atoms with Crippen LogP contribution in [-0.4, -0.2) is 79.5 Å². The van der Waals surface area contributed by atoms with Gasteiger partial charge >= 0.3 is 10.2 Å². The number of phenols is 1. The maximum atomic E-state index is 13.8. The molecule has 1 aromatic heterocycles. The van der Waals surface area contributed by atoms with Gasteiger partial charge < -0.3 is 19.3 Å². The van der Waals surface area contributed by atoms with Gasteiger partial charge in [-0.15, -0.1) is 0 Å². The van der Waals surface area contributed by atoms with Gasteiger partial charge in [0.1, 0.15) is 5.75 Å². The molecular weight excluding hydrogens is 556 g/mol. The third-order valence-corrected chi connectivity index (χ3v) is 10.0. The minimum Gasteiger partial charge on any atom is -0.508 e. The summed E-state index contributed by atoms with van der Waals surface area (Å²) >= 11 is 0. The number of phenolic OH excluding ortho intramolecular Hbond substituents is 1. The summed E-state index contributed by atoms with van der Waals surface area (Å²) in [5.41, 5.74) is 5.38. The van der Waals surface area contributed by atoms with Crippen molar-refractivity contribution in [3.63, 3.8) is 0 Å². The average molecular weight is 593 g/mol. The first-order valence-corrected chi connectivity index (χ1v) is 15.9. The number of aromatic nitrogens is 1. The van der Waals surface area contributed by atoms with Gasteiger partial charge in [0.15, 0.2) is 0 Å². The van der Waals surface area contributed by atoms with Crippen LogP contribution in [0.25, 0.3) is 28.2 Å². The molecule has 0 radical (unpaired) electrons. The maximum absolute atomic E-state index is 13.8. The highest BCUT2D eigenvalue weighted by atomic mass is 32.2. The van der Waals surface area contributed by atoms with E-state index in [1.165, 1.54) is 26.1 Å². The van der Waals surface area contributed by atoms with Gasteiger partial charge in [-0.3, -0.25) is 9.59 Å². The number of nitrogens with zero attached hydrogens (tertiary/aromatic N) is 3. The fourth-order valence-electron chi connectivity index (χ4n) is 6.43. The van der Waals surface area contributed by atoms with Crippen molar-refractivity contribution in [2.45, 2.75) is 44.6 Å². The predicted molar refractivity (Wildman–Crippen MR) is 160 cm³/mol. The first-order chi connectivity index (χ1) is 20.1. The average Bonchev–Trinajstić information content (AvgIpc) is 3.20. The fraction of sp³-hybridized carbons (Fsp3) is 0.419. The molecule has 3 heterocycles. The van der Waals surface area contributed by atoms with Crippen LogP contribution in [0.15, 0.2) is 42.0 Å². The first-order valence-electron chi connectivity index (χ1n) is 14.5. The summed E-state index contributed by atoms with van der Waals surface area (Å²) in [6, 6.07) is 10.6. The van der Waals surface area contributed by atoms with Gasteiger partial charge in [0.2, 0.25) is 0 Å². The number of ether oxygens (including phenoxy) is 1. The predicted octanol–water partition coefficient (Wildman–Crippen LogP) is 3.85. The monoisotopic (exact) mass is 592 g/mol. The molecule has 0 unspecified atom stereocenters. The van der Waals surface area contributed by atoms with E-state index in [1.807, 2.05) is 18.2 Å². The number of carbonyl (C=O) groups is 2. The highest BCUT2D eigenvalue weighted by Gasteiger charge is 2.32. The van der Waals surface area contributed by atoms with Gasteiger partial charge in [-0.25, -0.2) is 4.72 Å². The van der Waals surface area contributed by atoms with E-state index in [2.05, 4.69) is 9.29 Å². The molecule has 3 aliphatic rings. The zero-order chi connectivity index (χ0) is 29.6. The van der Waals surface area contributed by atoms with Crippen molar-refractivity contribution in [3.05, 3.63) is 58.7 Å². The van der Waals surface area contributed by atoms with Crippen LogP contribution in [0.2, 0.25) is 0 Å². The Balaban J connectivity index is 1.55. The Hall–Kier alpha value is -3.67. The van der Waals surface area contributed by atoms with Crippen molar-refractivity contribution in [2.24, 2.45) is 0 Å². The van der Waals surface area contributed by atoms with Gasteiger partial charge in [0, 0.05) is 54.8 Å². The summed E-state index contributed by atoms with van der Waals surface area (Å²) in [5, 5.41) is 11.4. The van der Waals surface area contributed by atoms with E-state index < -0.39 is 16.1 Å². The Morgan fingerprint density at radius 2 is 1.76 bits per heavy atom. The second-order valence-corrected chi connectivity index (χ2v) is 13.4. The minimum atomic E-state index is -3.98. The van der Waals surface area contributed by atoms with Crippen LogP contribution in [0.1, 0.15) is 59.5 Å². The van der Waals surface area contributed by atoms with E-state index in [0.717, 1.165) is 57.7 Å². The number of carbonyl (C=O) groups excluding carboxylic acids is 2. The van der Waals surface area contributed by atoms with Crippen LogP contribution in [0, 0.1) is 0 Å². The molecule has 42 heavy (non-hydrogen) atoms. The van der Waals surface area contributed by atoms with E-state index in [-0.39, 0.29) is 23.8 Å². The molecule has 1 saturated carbocycles. The van der Waals surface area contributed by atoms with Crippen LogP contribution in [0.5, 0.6) is 5.75 Å². The summed E-state index contributed by atoms with van der Waals surface area (Å²) in [6.07, 6.45) is 7.39. The van der Waals surface area contributed by atoms with Crippen LogP contribution < -0.4 is 4.72 Å². The number of benzene rings is 2. The smallest absolute Gasteiger partial charge is 0.303 e. The summed E-state index contributed by atoms with van der Waals surface area (Å²) in [4.78, 5) is 28.8. The molecule has 2 aliphatic heterocycles. The molecule has 10 nitrogen and oxygen atoms in total. The highest BCUT2D eigenvalue weighted by Crippen LogP contribution is 2.47. The van der Waals surface area contributed by atoms with Crippen molar-refractivity contribution in [2.75, 3.05) is 40.4 Å². The van der Waals surface area contributed by atoms with Crippen molar-refractivity contribution < 1.29 is 27.9 Å². The van der Waals surface area contributed by atoms with Crippen molar-refractivity contribution in [3.8, 4) is 17.0 Å². The maximum Gasteiger partial charge on any atom is 0.303 e. The molecule has 0 atom stereocenters. The lowest BCUT2D eigenvalue weighted by Crippen LogP contribution is -2.41. The molecule has 2 aromatic carbocycles. The zero-order valence-electron chi connectivity index (χ0n) is 23.9. The van der Waals surface area contributed by atoms with E-state index in [1.54, 1.807) is 29.2 Å². The van der Waals surface area contributed by atoms with Crippen molar-refractivity contribution >= 4 is 39.0 Å². The molecule has 0 bridgehead atoms. The van der Waals surface area contributed by atoms with Gasteiger partial charge in [-0.05, 0) is 66.3 Å². The number of rotatable bonds is 5. The van der Waals surface area contributed by atoms with Gasteiger partial charge in [0.05, 0.1) is 25.5 Å². The Labute approximate surface area is 245 Å². The molecule has 1 aliphatic carbocycles. The number of nitrogens with one attached hydrogen (secondary N) is 1. The largest absolute Gasteiger partial charge is 0.508 e. The molecule has 0 spiro atoms. The van der Waals surface area contributed by atoms with Crippen molar-refractivity contribution in [1.29, 1.82) is 0 Å². The number of fused-ring (bicyclic) bond motifs is 5. The number of hydrogen-bond acceptors (Lipinski definition) is 6. The Morgan fingerprint density at radius 1 is 1.02 bits per heavy atom. The fourth-order valence-corrected chi connectivity index (χ4v) is 6.97. The summed E-state index contributed by atoms with van der Waals surface area (Å²) in [6.45, 7) is 2.23. The van der Waals surface area contributed by atoms with Crippen LogP contribution >= 0.6 is 0 Å². The molecule has 1 saturated heterocycles. The summed E-state index contributed by atoms with van der Waals surface area (Å²) in [5.74, 6) is -0.399. The SMILES string of the molecule is CN(C)S(=O)(=O)NC(=O)c1ccc2c(C3CCCCC3)c3n(c2c1)CC(C(=O)N1CCOCC1)=Cc1cc(O)ccc1-3. The lowest BCUT2D eigenvalue weighted by Gasteiger charge is -2.28. The van der Waals surface area contributed by atoms with Crippen LogP contribution in [-0.2, 0) is 26.3 Å². The number of morpholine rings is 1. The Bertz CT molecular complexity index is 1700. The van der Waals surface area contributed by atoms with E-state index >= 15 is 0 Å². The quantitative estimate of drug-likeness (QED) is 0.464. The first kappa shape index (κ1) is 28.4. The third-order valence-electron chi connectivity index (χ3n) is 8.60. The number of hydrogen-bond donors (Lipinski definition) is 2. The molecular formula is C31H36N4O6S. The summed E-state index contributed by atoms with van der Waals surface area (Å²) < 4.78 is 35.5. The van der Waals surface area contributed by atoms with E-state index in [9.17, 15) is 23.1 Å². The zero-order valence-corrected chi connectivity index (χ0v) is 24.7. The normalized spacial score (nSPS) is 17.9.